The summed E-state index contributed by atoms with van der Waals surface area (Å²) < 4.78 is 31.2. The van der Waals surface area contributed by atoms with E-state index in [1.54, 1.807) is 0 Å². The number of aromatic nitrogens is 3. The van der Waals surface area contributed by atoms with Crippen molar-refractivity contribution in [1.29, 1.82) is 0 Å². The standard InChI is InChI=1S/C12H11Cl2F2N3O2/c13-8-1-7(4-20)10(2-9(8)14)21-5-12-17-6-18-19(12)3-11(15)16/h1-2,6,11,20H,3-5H2. The Hall–Kier alpha value is -1.44. The summed E-state index contributed by atoms with van der Waals surface area (Å²) in [6.45, 7) is -0.944. The summed E-state index contributed by atoms with van der Waals surface area (Å²) in [5, 5.41) is 13.5. The molecule has 0 atom stereocenters. The van der Waals surface area contributed by atoms with Gasteiger partial charge in [-0.2, -0.15) is 5.10 Å². The number of alkyl halides is 2. The number of ether oxygens (including phenoxy) is 1. The highest BCUT2D eigenvalue weighted by Crippen LogP contribution is 2.31. The maximum absolute atomic E-state index is 12.4. The van der Waals surface area contributed by atoms with Crippen LogP contribution in [0, 0.1) is 0 Å². The minimum Gasteiger partial charge on any atom is -0.485 e. The zero-order valence-corrected chi connectivity index (χ0v) is 12.2. The Kier molecular flexibility index (Phi) is 5.33. The van der Waals surface area contributed by atoms with Crippen LogP contribution in [0.15, 0.2) is 18.5 Å². The molecule has 5 nitrogen and oxygen atoms in total. The second-order valence-electron chi connectivity index (χ2n) is 4.07. The van der Waals surface area contributed by atoms with Crippen LogP contribution in [0.2, 0.25) is 10.0 Å². The Morgan fingerprint density at radius 3 is 2.67 bits per heavy atom. The monoisotopic (exact) mass is 337 g/mol. The van der Waals surface area contributed by atoms with Gasteiger partial charge < -0.3 is 9.84 Å². The number of nitrogens with zero attached hydrogens (tertiary/aromatic N) is 3. The molecule has 2 aromatic rings. The van der Waals surface area contributed by atoms with Crippen LogP contribution in [-0.4, -0.2) is 26.3 Å². The molecule has 1 N–H and O–H groups in total. The number of hydrogen-bond acceptors (Lipinski definition) is 4. The van der Waals surface area contributed by atoms with Gasteiger partial charge in [0, 0.05) is 11.6 Å². The van der Waals surface area contributed by atoms with Gasteiger partial charge in [0.25, 0.3) is 6.43 Å². The largest absolute Gasteiger partial charge is 0.485 e. The van der Waals surface area contributed by atoms with Crippen LogP contribution < -0.4 is 4.74 Å². The molecule has 0 fully saturated rings. The van der Waals surface area contributed by atoms with Crippen LogP contribution in [-0.2, 0) is 19.8 Å². The third kappa shape index (κ3) is 4.03. The van der Waals surface area contributed by atoms with E-state index in [9.17, 15) is 13.9 Å². The zero-order chi connectivity index (χ0) is 15.4. The van der Waals surface area contributed by atoms with Gasteiger partial charge in [-0.05, 0) is 6.07 Å². The summed E-state index contributed by atoms with van der Waals surface area (Å²) in [7, 11) is 0. The summed E-state index contributed by atoms with van der Waals surface area (Å²) >= 11 is 11.7. The molecule has 0 aliphatic rings. The molecule has 114 valence electrons. The van der Waals surface area contributed by atoms with Gasteiger partial charge in [-0.25, -0.2) is 18.4 Å². The quantitative estimate of drug-likeness (QED) is 0.880. The van der Waals surface area contributed by atoms with Crippen LogP contribution in [0.4, 0.5) is 8.78 Å². The molecule has 0 aliphatic carbocycles. The van der Waals surface area contributed by atoms with Gasteiger partial charge >= 0.3 is 0 Å². The lowest BCUT2D eigenvalue weighted by Crippen LogP contribution is -2.14. The van der Waals surface area contributed by atoms with Gasteiger partial charge in [0.05, 0.1) is 16.7 Å². The lowest BCUT2D eigenvalue weighted by atomic mass is 10.2. The summed E-state index contributed by atoms with van der Waals surface area (Å²) in [4.78, 5) is 3.85. The molecule has 2 rings (SSSR count). The summed E-state index contributed by atoms with van der Waals surface area (Å²) in [5.41, 5.74) is 0.435. The first-order valence-corrected chi connectivity index (χ1v) is 6.63. The van der Waals surface area contributed by atoms with Gasteiger partial charge in [0.1, 0.15) is 25.2 Å². The second kappa shape index (κ2) is 7.02. The highest BCUT2D eigenvalue weighted by molar-refractivity contribution is 6.42. The molecule has 0 aliphatic heterocycles. The van der Waals surface area contributed by atoms with E-state index in [4.69, 9.17) is 27.9 Å². The van der Waals surface area contributed by atoms with Crippen molar-refractivity contribution >= 4 is 23.2 Å². The van der Waals surface area contributed by atoms with E-state index >= 15 is 0 Å². The first-order chi connectivity index (χ1) is 10.0. The molecule has 0 unspecified atom stereocenters. The Morgan fingerprint density at radius 1 is 1.29 bits per heavy atom. The van der Waals surface area contributed by atoms with Gasteiger partial charge in [0.2, 0.25) is 0 Å². The van der Waals surface area contributed by atoms with Crippen LogP contribution in [0.25, 0.3) is 0 Å². The minimum atomic E-state index is -2.54. The van der Waals surface area contributed by atoms with E-state index in [0.717, 1.165) is 4.68 Å². The molecule has 1 heterocycles. The predicted molar refractivity (Wildman–Crippen MR) is 72.7 cm³/mol. The third-order valence-corrected chi connectivity index (χ3v) is 3.36. The molecule has 0 saturated heterocycles. The van der Waals surface area contributed by atoms with E-state index in [-0.39, 0.29) is 29.1 Å². The Labute approximate surface area is 129 Å². The third-order valence-electron chi connectivity index (χ3n) is 2.64. The molecule has 1 aromatic heterocycles. The molecule has 1 aromatic carbocycles. The van der Waals surface area contributed by atoms with E-state index in [0.29, 0.717) is 11.3 Å². The maximum Gasteiger partial charge on any atom is 0.257 e. The van der Waals surface area contributed by atoms with Gasteiger partial charge in [0.15, 0.2) is 5.82 Å². The van der Waals surface area contributed by atoms with Crippen LogP contribution in [0.5, 0.6) is 5.75 Å². The van der Waals surface area contributed by atoms with Crippen molar-refractivity contribution in [1.82, 2.24) is 14.8 Å². The van der Waals surface area contributed by atoms with Crippen molar-refractivity contribution in [2.24, 2.45) is 0 Å². The summed E-state index contributed by atoms with van der Waals surface area (Å²) in [5.74, 6) is 0.545. The Bertz CT molecular complexity index is 623. The number of benzene rings is 1. The van der Waals surface area contributed by atoms with E-state index < -0.39 is 13.0 Å². The highest BCUT2D eigenvalue weighted by Gasteiger charge is 2.13. The molecule has 0 bridgehead atoms. The van der Waals surface area contributed by atoms with E-state index in [1.165, 1.54) is 18.5 Å². The van der Waals surface area contributed by atoms with E-state index in [1.807, 2.05) is 0 Å². The maximum atomic E-state index is 12.4. The SMILES string of the molecule is OCc1cc(Cl)c(Cl)cc1OCc1ncnn1CC(F)F. The summed E-state index contributed by atoms with van der Waals surface area (Å²) in [6, 6.07) is 2.92. The molecule has 0 saturated carbocycles. The first kappa shape index (κ1) is 15.9. The van der Waals surface area contributed by atoms with Crippen LogP contribution in [0.3, 0.4) is 0 Å². The van der Waals surface area contributed by atoms with Gasteiger partial charge in [-0.1, -0.05) is 23.2 Å². The molecule has 0 radical (unpaired) electrons. The number of aliphatic hydroxyl groups is 1. The van der Waals surface area contributed by atoms with Crippen molar-refractivity contribution in [3.63, 3.8) is 0 Å². The fraction of sp³-hybridized carbons (Fsp3) is 0.333. The first-order valence-electron chi connectivity index (χ1n) is 5.87. The van der Waals surface area contributed by atoms with Crippen molar-refractivity contribution < 1.29 is 18.6 Å². The van der Waals surface area contributed by atoms with Crippen molar-refractivity contribution in [3.8, 4) is 5.75 Å². The Morgan fingerprint density at radius 2 is 2.00 bits per heavy atom. The van der Waals surface area contributed by atoms with E-state index in [2.05, 4.69) is 10.1 Å². The number of halogens is 4. The lowest BCUT2D eigenvalue weighted by Gasteiger charge is -2.12. The molecule has 0 amide bonds. The van der Waals surface area contributed by atoms with Crippen molar-refractivity contribution in [2.45, 2.75) is 26.2 Å². The fourth-order valence-electron chi connectivity index (χ4n) is 1.65. The van der Waals surface area contributed by atoms with Crippen LogP contribution in [0.1, 0.15) is 11.4 Å². The number of rotatable bonds is 6. The van der Waals surface area contributed by atoms with Gasteiger partial charge in [-0.15, -0.1) is 0 Å². The lowest BCUT2D eigenvalue weighted by molar-refractivity contribution is 0.118. The predicted octanol–water partition coefficient (Wildman–Crippen LogP) is 2.92. The van der Waals surface area contributed by atoms with Gasteiger partial charge in [-0.3, -0.25) is 0 Å². The topological polar surface area (TPSA) is 60.2 Å². The van der Waals surface area contributed by atoms with Crippen molar-refractivity contribution in [2.75, 3.05) is 0 Å². The molecule has 0 spiro atoms. The van der Waals surface area contributed by atoms with Crippen molar-refractivity contribution in [3.05, 3.63) is 39.9 Å². The molecular formula is C12H11Cl2F2N3O2. The fourth-order valence-corrected chi connectivity index (χ4v) is 1.99. The molecule has 21 heavy (non-hydrogen) atoms. The highest BCUT2D eigenvalue weighted by atomic mass is 35.5. The minimum absolute atomic E-state index is 0.0856. The smallest absolute Gasteiger partial charge is 0.257 e. The Balaban J connectivity index is 2.13. The average Bonchev–Trinajstić information content (AvgIpc) is 2.86. The number of aliphatic hydroxyl groups excluding tert-OH is 1. The summed E-state index contributed by atoms with van der Waals surface area (Å²) in [6.07, 6.45) is -1.37. The number of hydrogen-bond donors (Lipinski definition) is 1. The zero-order valence-electron chi connectivity index (χ0n) is 10.6. The van der Waals surface area contributed by atoms with Crippen LogP contribution >= 0.6 is 23.2 Å². The second-order valence-corrected chi connectivity index (χ2v) is 4.88. The molecule has 9 heteroatoms. The normalized spacial score (nSPS) is 11.1. The average molecular weight is 338 g/mol. The molecular weight excluding hydrogens is 327 g/mol.